The average Bonchev–Trinajstić information content (AvgIpc) is 2.42. The van der Waals surface area contributed by atoms with Gasteiger partial charge in [-0.3, -0.25) is 10.1 Å². The van der Waals surface area contributed by atoms with Crippen LogP contribution in [0.2, 0.25) is 0 Å². The van der Waals surface area contributed by atoms with Crippen molar-refractivity contribution in [1.82, 2.24) is 0 Å². The van der Waals surface area contributed by atoms with E-state index in [4.69, 9.17) is 9.84 Å². The summed E-state index contributed by atoms with van der Waals surface area (Å²) in [5, 5.41) is 28.5. The molecule has 1 unspecified atom stereocenters. The largest absolute Gasteiger partial charge is 0.394 e. The standard InChI is InChI=1S/C11H15NO5.C2H6/c13-5-6-17-8-11(14)7-9-1-3-10(4-2-9)12(15)16;1-2/h1-4,11,13-14H,5-8H2;1-2H3. The van der Waals surface area contributed by atoms with Crippen LogP contribution < -0.4 is 0 Å². The zero-order valence-electron chi connectivity index (χ0n) is 11.3. The van der Waals surface area contributed by atoms with Gasteiger partial charge in [-0.1, -0.05) is 26.0 Å². The number of hydrogen-bond donors (Lipinski definition) is 2. The van der Waals surface area contributed by atoms with Crippen LogP contribution in [0.4, 0.5) is 5.69 Å². The highest BCUT2D eigenvalue weighted by Gasteiger charge is 2.08. The molecular formula is C13H21NO5. The highest BCUT2D eigenvalue weighted by molar-refractivity contribution is 5.33. The van der Waals surface area contributed by atoms with Crippen molar-refractivity contribution in [3.63, 3.8) is 0 Å². The number of rotatable bonds is 7. The zero-order valence-corrected chi connectivity index (χ0v) is 11.3. The van der Waals surface area contributed by atoms with E-state index in [2.05, 4.69) is 0 Å². The Kier molecular flexibility index (Phi) is 9.60. The second kappa shape index (κ2) is 10.4. The molecule has 1 aromatic carbocycles. The summed E-state index contributed by atoms with van der Waals surface area (Å²) in [6, 6.07) is 6.01. The zero-order chi connectivity index (χ0) is 14.7. The molecule has 0 saturated carbocycles. The van der Waals surface area contributed by atoms with Gasteiger partial charge in [0.15, 0.2) is 0 Å². The van der Waals surface area contributed by atoms with Crippen LogP contribution in [0, 0.1) is 10.1 Å². The third-order valence-corrected chi connectivity index (χ3v) is 2.16. The van der Waals surface area contributed by atoms with Gasteiger partial charge in [-0.05, 0) is 5.56 Å². The molecule has 0 amide bonds. The molecule has 0 spiro atoms. The highest BCUT2D eigenvalue weighted by atomic mass is 16.6. The molecule has 2 N–H and O–H groups in total. The number of benzene rings is 1. The summed E-state index contributed by atoms with van der Waals surface area (Å²) < 4.78 is 4.97. The van der Waals surface area contributed by atoms with Crippen molar-refractivity contribution >= 4 is 5.69 Å². The fourth-order valence-corrected chi connectivity index (χ4v) is 1.37. The molecule has 0 bridgehead atoms. The highest BCUT2D eigenvalue weighted by Crippen LogP contribution is 2.13. The Balaban J connectivity index is 0.00000154. The topological polar surface area (TPSA) is 92.8 Å². The van der Waals surface area contributed by atoms with E-state index in [-0.39, 0.29) is 25.5 Å². The molecule has 0 saturated heterocycles. The van der Waals surface area contributed by atoms with E-state index in [1.807, 2.05) is 13.8 Å². The Bertz CT molecular complexity index is 353. The van der Waals surface area contributed by atoms with E-state index in [1.54, 1.807) is 12.1 Å². The number of nitro benzene ring substituents is 1. The molecule has 0 heterocycles. The quantitative estimate of drug-likeness (QED) is 0.445. The second-order valence-electron chi connectivity index (χ2n) is 3.58. The monoisotopic (exact) mass is 271 g/mol. The Labute approximate surface area is 112 Å². The predicted octanol–water partition coefficient (Wildman–Crippen LogP) is 1.53. The van der Waals surface area contributed by atoms with Gasteiger partial charge in [0.05, 0.1) is 30.8 Å². The number of nitro groups is 1. The molecule has 0 aliphatic carbocycles. The third kappa shape index (κ3) is 7.50. The van der Waals surface area contributed by atoms with E-state index < -0.39 is 11.0 Å². The smallest absolute Gasteiger partial charge is 0.269 e. The van der Waals surface area contributed by atoms with Gasteiger partial charge in [0.1, 0.15) is 0 Å². The van der Waals surface area contributed by atoms with Gasteiger partial charge in [0.2, 0.25) is 0 Å². The van der Waals surface area contributed by atoms with Crippen molar-refractivity contribution in [2.45, 2.75) is 26.4 Å². The fourth-order valence-electron chi connectivity index (χ4n) is 1.37. The van der Waals surface area contributed by atoms with Gasteiger partial charge < -0.3 is 14.9 Å². The van der Waals surface area contributed by atoms with Crippen LogP contribution in [0.25, 0.3) is 0 Å². The van der Waals surface area contributed by atoms with Crippen LogP contribution in [0.1, 0.15) is 19.4 Å². The van der Waals surface area contributed by atoms with E-state index in [0.29, 0.717) is 6.42 Å². The lowest BCUT2D eigenvalue weighted by Crippen LogP contribution is -2.19. The van der Waals surface area contributed by atoms with Gasteiger partial charge in [0.25, 0.3) is 5.69 Å². The maximum absolute atomic E-state index is 10.4. The van der Waals surface area contributed by atoms with E-state index in [0.717, 1.165) is 5.56 Å². The number of ether oxygens (including phenoxy) is 1. The van der Waals surface area contributed by atoms with Gasteiger partial charge in [-0.15, -0.1) is 0 Å². The molecule has 0 aliphatic rings. The van der Waals surface area contributed by atoms with Crippen LogP contribution >= 0.6 is 0 Å². The molecule has 0 aromatic heterocycles. The van der Waals surface area contributed by atoms with Crippen molar-refractivity contribution in [2.75, 3.05) is 19.8 Å². The van der Waals surface area contributed by atoms with Gasteiger partial charge in [0, 0.05) is 18.6 Å². The van der Waals surface area contributed by atoms with Gasteiger partial charge >= 0.3 is 0 Å². The van der Waals surface area contributed by atoms with Gasteiger partial charge in [-0.2, -0.15) is 0 Å². The van der Waals surface area contributed by atoms with Gasteiger partial charge in [-0.25, -0.2) is 0 Å². The lowest BCUT2D eigenvalue weighted by Gasteiger charge is -2.10. The van der Waals surface area contributed by atoms with Crippen molar-refractivity contribution in [3.05, 3.63) is 39.9 Å². The van der Waals surface area contributed by atoms with Crippen LogP contribution in [-0.2, 0) is 11.2 Å². The minimum atomic E-state index is -0.678. The average molecular weight is 271 g/mol. The Morgan fingerprint density at radius 1 is 1.32 bits per heavy atom. The van der Waals surface area contributed by atoms with Crippen molar-refractivity contribution in [2.24, 2.45) is 0 Å². The number of aliphatic hydroxyl groups excluding tert-OH is 2. The van der Waals surface area contributed by atoms with E-state index >= 15 is 0 Å². The Morgan fingerprint density at radius 3 is 2.37 bits per heavy atom. The maximum atomic E-state index is 10.4. The molecule has 0 aliphatic heterocycles. The summed E-state index contributed by atoms with van der Waals surface area (Å²) in [6.07, 6.45) is -0.313. The minimum absolute atomic E-state index is 0.0276. The second-order valence-corrected chi connectivity index (χ2v) is 3.58. The summed E-state index contributed by atoms with van der Waals surface area (Å²) in [5.74, 6) is 0. The summed E-state index contributed by atoms with van der Waals surface area (Å²) in [7, 11) is 0. The predicted molar refractivity (Wildman–Crippen MR) is 72.1 cm³/mol. The van der Waals surface area contributed by atoms with Crippen LogP contribution in [0.3, 0.4) is 0 Å². The first kappa shape index (κ1) is 17.5. The molecule has 0 radical (unpaired) electrons. The first-order valence-electron chi connectivity index (χ1n) is 6.23. The lowest BCUT2D eigenvalue weighted by atomic mass is 10.1. The maximum Gasteiger partial charge on any atom is 0.269 e. The summed E-state index contributed by atoms with van der Waals surface area (Å²) in [6.45, 7) is 4.25. The summed E-state index contributed by atoms with van der Waals surface area (Å²) in [4.78, 5) is 9.95. The molecule has 6 nitrogen and oxygen atoms in total. The lowest BCUT2D eigenvalue weighted by molar-refractivity contribution is -0.384. The van der Waals surface area contributed by atoms with Crippen LogP contribution in [0.5, 0.6) is 0 Å². The molecule has 19 heavy (non-hydrogen) atoms. The van der Waals surface area contributed by atoms with E-state index in [1.165, 1.54) is 12.1 Å². The van der Waals surface area contributed by atoms with E-state index in [9.17, 15) is 15.2 Å². The van der Waals surface area contributed by atoms with Crippen molar-refractivity contribution < 1.29 is 19.9 Å². The van der Waals surface area contributed by atoms with Crippen LogP contribution in [0.15, 0.2) is 24.3 Å². The van der Waals surface area contributed by atoms with Crippen molar-refractivity contribution in [1.29, 1.82) is 0 Å². The molecule has 108 valence electrons. The molecule has 1 aromatic rings. The minimum Gasteiger partial charge on any atom is -0.394 e. The first-order chi connectivity index (χ1) is 9.13. The fraction of sp³-hybridized carbons (Fsp3) is 0.538. The number of nitrogens with zero attached hydrogens (tertiary/aromatic N) is 1. The number of aliphatic hydroxyl groups is 2. The molecule has 1 rings (SSSR count). The number of non-ortho nitro benzene ring substituents is 1. The summed E-state index contributed by atoms with van der Waals surface area (Å²) >= 11 is 0. The van der Waals surface area contributed by atoms with Crippen LogP contribution in [-0.4, -0.2) is 41.1 Å². The normalized spacial score (nSPS) is 11.4. The third-order valence-electron chi connectivity index (χ3n) is 2.16. The molecule has 0 fully saturated rings. The Hall–Kier alpha value is -1.50. The SMILES string of the molecule is CC.O=[N+]([O-])c1ccc(CC(O)COCCO)cc1. The molecule has 6 heteroatoms. The molecular weight excluding hydrogens is 250 g/mol. The Morgan fingerprint density at radius 2 is 1.89 bits per heavy atom. The summed E-state index contributed by atoms with van der Waals surface area (Å²) in [5.41, 5.74) is 0.829. The first-order valence-corrected chi connectivity index (χ1v) is 6.23. The number of hydrogen-bond acceptors (Lipinski definition) is 5. The molecule has 1 atom stereocenters. The van der Waals surface area contributed by atoms with Crippen molar-refractivity contribution in [3.8, 4) is 0 Å².